The summed E-state index contributed by atoms with van der Waals surface area (Å²) in [5.41, 5.74) is 2.47. The molecule has 0 amide bonds. The summed E-state index contributed by atoms with van der Waals surface area (Å²) in [5.74, 6) is 0. The summed E-state index contributed by atoms with van der Waals surface area (Å²) in [5, 5.41) is 3.08. The highest BCUT2D eigenvalue weighted by atomic mass is 19.3. The Bertz CT molecular complexity index is 368. The zero-order chi connectivity index (χ0) is 12.3. The number of nitrogens with one attached hydrogen (secondary N) is 1. The van der Waals surface area contributed by atoms with Crippen LogP contribution >= 0.6 is 0 Å². The molecule has 17 heavy (non-hydrogen) atoms. The van der Waals surface area contributed by atoms with Gasteiger partial charge in [-0.2, -0.15) is 0 Å². The van der Waals surface area contributed by atoms with E-state index in [1.165, 1.54) is 11.1 Å². The number of nitrogens with zero attached hydrogens (tertiary/aromatic N) is 1. The average molecular weight is 240 g/mol. The SMILES string of the molecule is CNCC1Cc2ccccc2CN1CC(F)F. The first-order chi connectivity index (χ1) is 8.20. The standard InChI is InChI=1S/C13H18F2N2/c1-16-7-12-6-10-4-2-3-5-11(10)8-17(12)9-13(14)15/h2-5,12-13,16H,6-9H2,1H3. The van der Waals surface area contributed by atoms with Gasteiger partial charge in [0.1, 0.15) is 0 Å². The number of rotatable bonds is 4. The van der Waals surface area contributed by atoms with Crippen LogP contribution in [-0.4, -0.2) is 37.5 Å². The minimum Gasteiger partial charge on any atom is -0.318 e. The molecule has 2 rings (SSSR count). The van der Waals surface area contributed by atoms with Crippen LogP contribution in [0.1, 0.15) is 11.1 Å². The second-order valence-corrected chi connectivity index (χ2v) is 4.50. The van der Waals surface area contributed by atoms with E-state index in [0.717, 1.165) is 13.0 Å². The Kier molecular flexibility index (Phi) is 4.07. The molecule has 1 aliphatic heterocycles. The number of alkyl halides is 2. The van der Waals surface area contributed by atoms with Crippen molar-refractivity contribution in [3.05, 3.63) is 35.4 Å². The summed E-state index contributed by atoms with van der Waals surface area (Å²) >= 11 is 0. The van der Waals surface area contributed by atoms with Crippen LogP contribution in [-0.2, 0) is 13.0 Å². The molecular formula is C13H18F2N2. The summed E-state index contributed by atoms with van der Waals surface area (Å²) in [6, 6.07) is 8.28. The second-order valence-electron chi connectivity index (χ2n) is 4.50. The predicted octanol–water partition coefficient (Wildman–Crippen LogP) is 1.90. The van der Waals surface area contributed by atoms with Gasteiger partial charge in [0.2, 0.25) is 0 Å². The molecule has 0 aliphatic carbocycles. The Morgan fingerprint density at radius 3 is 2.71 bits per heavy atom. The number of likely N-dealkylation sites (N-methyl/N-ethyl adjacent to an activating group) is 1. The van der Waals surface area contributed by atoms with Crippen molar-refractivity contribution in [1.82, 2.24) is 10.2 Å². The third kappa shape index (κ3) is 3.01. The number of hydrogen-bond acceptors (Lipinski definition) is 2. The fraction of sp³-hybridized carbons (Fsp3) is 0.538. The number of halogens is 2. The molecule has 1 unspecified atom stereocenters. The van der Waals surface area contributed by atoms with E-state index in [-0.39, 0.29) is 12.6 Å². The number of fused-ring (bicyclic) bond motifs is 1. The third-order valence-electron chi connectivity index (χ3n) is 3.28. The van der Waals surface area contributed by atoms with Crippen molar-refractivity contribution in [3.63, 3.8) is 0 Å². The molecule has 0 saturated carbocycles. The van der Waals surface area contributed by atoms with Gasteiger partial charge in [-0.1, -0.05) is 24.3 Å². The molecular weight excluding hydrogens is 222 g/mol. The van der Waals surface area contributed by atoms with Gasteiger partial charge in [0.25, 0.3) is 6.43 Å². The van der Waals surface area contributed by atoms with Crippen molar-refractivity contribution >= 4 is 0 Å². The Morgan fingerprint density at radius 2 is 2.06 bits per heavy atom. The maximum atomic E-state index is 12.5. The fourth-order valence-corrected chi connectivity index (χ4v) is 2.47. The van der Waals surface area contributed by atoms with E-state index < -0.39 is 6.43 Å². The van der Waals surface area contributed by atoms with Gasteiger partial charge in [-0.05, 0) is 24.6 Å². The number of benzene rings is 1. The molecule has 4 heteroatoms. The minimum absolute atomic E-state index is 0.138. The van der Waals surface area contributed by atoms with Crippen molar-refractivity contribution in [1.29, 1.82) is 0 Å². The molecule has 1 aromatic rings. The fourth-order valence-electron chi connectivity index (χ4n) is 2.47. The molecule has 0 fully saturated rings. The van der Waals surface area contributed by atoms with Gasteiger partial charge >= 0.3 is 0 Å². The lowest BCUT2D eigenvalue weighted by atomic mass is 9.94. The van der Waals surface area contributed by atoms with E-state index in [1.807, 2.05) is 30.1 Å². The van der Waals surface area contributed by atoms with Crippen LogP contribution < -0.4 is 5.32 Å². The smallest absolute Gasteiger partial charge is 0.251 e. The van der Waals surface area contributed by atoms with Crippen LogP contribution in [0.25, 0.3) is 0 Å². The molecule has 0 radical (unpaired) electrons. The zero-order valence-electron chi connectivity index (χ0n) is 10.00. The average Bonchev–Trinajstić information content (AvgIpc) is 2.29. The second kappa shape index (κ2) is 5.56. The highest BCUT2D eigenvalue weighted by Gasteiger charge is 2.27. The van der Waals surface area contributed by atoms with Crippen molar-refractivity contribution in [2.24, 2.45) is 0 Å². The molecule has 1 atom stereocenters. The Hall–Kier alpha value is -1.00. The van der Waals surface area contributed by atoms with Gasteiger partial charge in [-0.15, -0.1) is 0 Å². The van der Waals surface area contributed by atoms with E-state index in [2.05, 4.69) is 11.4 Å². The summed E-state index contributed by atoms with van der Waals surface area (Å²) < 4.78 is 25.1. The van der Waals surface area contributed by atoms with Crippen molar-refractivity contribution in [2.45, 2.75) is 25.4 Å². The lowest BCUT2D eigenvalue weighted by Gasteiger charge is -2.36. The molecule has 0 spiro atoms. The van der Waals surface area contributed by atoms with E-state index in [0.29, 0.717) is 6.54 Å². The lowest BCUT2D eigenvalue weighted by molar-refractivity contribution is 0.0559. The molecule has 1 heterocycles. The van der Waals surface area contributed by atoms with Crippen molar-refractivity contribution < 1.29 is 8.78 Å². The first-order valence-corrected chi connectivity index (χ1v) is 5.94. The summed E-state index contributed by atoms with van der Waals surface area (Å²) in [7, 11) is 1.86. The van der Waals surface area contributed by atoms with Crippen molar-refractivity contribution in [2.75, 3.05) is 20.1 Å². The third-order valence-corrected chi connectivity index (χ3v) is 3.28. The Balaban J connectivity index is 2.15. The molecule has 1 aromatic carbocycles. The van der Waals surface area contributed by atoms with Gasteiger partial charge in [0.05, 0.1) is 6.54 Å². The van der Waals surface area contributed by atoms with E-state index in [1.54, 1.807) is 0 Å². The Labute approximate surface area is 101 Å². The van der Waals surface area contributed by atoms with Gasteiger partial charge in [0.15, 0.2) is 0 Å². The van der Waals surface area contributed by atoms with Crippen LogP contribution in [0.2, 0.25) is 0 Å². The predicted molar refractivity (Wildman–Crippen MR) is 64.3 cm³/mol. The normalized spacial score (nSPS) is 20.6. The topological polar surface area (TPSA) is 15.3 Å². The summed E-state index contributed by atoms with van der Waals surface area (Å²) in [6.07, 6.45) is -1.41. The van der Waals surface area contributed by atoms with E-state index in [4.69, 9.17) is 0 Å². The maximum absolute atomic E-state index is 12.5. The van der Waals surface area contributed by atoms with Gasteiger partial charge < -0.3 is 5.32 Å². The highest BCUT2D eigenvalue weighted by Crippen LogP contribution is 2.23. The van der Waals surface area contributed by atoms with E-state index >= 15 is 0 Å². The van der Waals surface area contributed by atoms with Crippen LogP contribution in [0.3, 0.4) is 0 Å². The molecule has 1 N–H and O–H groups in total. The van der Waals surface area contributed by atoms with Crippen LogP contribution in [0.15, 0.2) is 24.3 Å². The van der Waals surface area contributed by atoms with Gasteiger partial charge in [-0.25, -0.2) is 8.78 Å². The van der Waals surface area contributed by atoms with Crippen molar-refractivity contribution in [3.8, 4) is 0 Å². The molecule has 0 aromatic heterocycles. The zero-order valence-corrected chi connectivity index (χ0v) is 10.00. The first-order valence-electron chi connectivity index (χ1n) is 5.94. The van der Waals surface area contributed by atoms with Gasteiger partial charge in [0, 0.05) is 19.1 Å². The Morgan fingerprint density at radius 1 is 1.35 bits per heavy atom. The van der Waals surface area contributed by atoms with Crippen LogP contribution in [0, 0.1) is 0 Å². The van der Waals surface area contributed by atoms with Gasteiger partial charge in [-0.3, -0.25) is 4.90 Å². The summed E-state index contributed by atoms with van der Waals surface area (Å²) in [4.78, 5) is 1.88. The largest absolute Gasteiger partial charge is 0.318 e. The minimum atomic E-state index is -2.26. The summed E-state index contributed by atoms with van der Waals surface area (Å²) in [6.45, 7) is 1.24. The molecule has 2 nitrogen and oxygen atoms in total. The molecule has 94 valence electrons. The number of hydrogen-bond donors (Lipinski definition) is 1. The highest BCUT2D eigenvalue weighted by molar-refractivity contribution is 5.30. The first kappa shape index (κ1) is 12.5. The van der Waals surface area contributed by atoms with E-state index in [9.17, 15) is 8.78 Å². The van der Waals surface area contributed by atoms with Crippen LogP contribution in [0.5, 0.6) is 0 Å². The molecule has 0 saturated heterocycles. The maximum Gasteiger partial charge on any atom is 0.251 e. The monoisotopic (exact) mass is 240 g/mol. The quantitative estimate of drug-likeness (QED) is 0.864. The lowest BCUT2D eigenvalue weighted by Crippen LogP contribution is -2.47. The van der Waals surface area contributed by atoms with Crippen LogP contribution in [0.4, 0.5) is 8.78 Å². The molecule has 0 bridgehead atoms. The molecule has 1 aliphatic rings.